The predicted molar refractivity (Wildman–Crippen MR) is 143 cm³/mol. The van der Waals surface area contributed by atoms with Gasteiger partial charge in [-0.05, 0) is 94.0 Å². The first-order valence-electron chi connectivity index (χ1n) is 12.0. The standard InChI is InChI=1S/C27H32N6S2/c1-32-18-20-34-26(32)30-28-24-14-10-22(11-15-24)8-6-4-3-5-7-9-23-12-16-25(17-13-23)29-31-27-33(2)19-21-35-27/h10-21H,3-9H2,1-2H3/q+2. The van der Waals surface area contributed by atoms with Crippen LogP contribution in [0.15, 0.2) is 92.1 Å². The molecule has 0 unspecified atom stereocenters. The van der Waals surface area contributed by atoms with E-state index in [2.05, 4.69) is 69.0 Å². The third-order valence-electron chi connectivity index (χ3n) is 5.82. The van der Waals surface area contributed by atoms with Gasteiger partial charge in [-0.25, -0.2) is 9.13 Å². The zero-order valence-corrected chi connectivity index (χ0v) is 22.0. The summed E-state index contributed by atoms with van der Waals surface area (Å²) in [5.41, 5.74) is 4.54. The van der Waals surface area contributed by atoms with E-state index in [4.69, 9.17) is 0 Å². The van der Waals surface area contributed by atoms with E-state index in [0.29, 0.717) is 0 Å². The molecule has 4 rings (SSSR count). The maximum Gasteiger partial charge on any atom is 0.408 e. The summed E-state index contributed by atoms with van der Waals surface area (Å²) in [6.45, 7) is 0. The molecule has 4 aromatic rings. The van der Waals surface area contributed by atoms with Crippen LogP contribution in [0.4, 0.5) is 21.6 Å². The molecule has 0 saturated carbocycles. The summed E-state index contributed by atoms with van der Waals surface area (Å²) >= 11 is 3.17. The summed E-state index contributed by atoms with van der Waals surface area (Å²) in [5, 5.41) is 23.1. The lowest BCUT2D eigenvalue weighted by Crippen LogP contribution is -2.23. The van der Waals surface area contributed by atoms with E-state index in [9.17, 15) is 0 Å². The molecule has 0 amide bonds. The van der Waals surface area contributed by atoms with Gasteiger partial charge in [0.2, 0.25) is 0 Å². The van der Waals surface area contributed by atoms with Crippen LogP contribution in [-0.4, -0.2) is 0 Å². The van der Waals surface area contributed by atoms with Gasteiger partial charge >= 0.3 is 10.3 Å². The van der Waals surface area contributed by atoms with E-state index in [1.54, 1.807) is 22.7 Å². The fraction of sp³-hybridized carbons (Fsp3) is 0.333. The zero-order chi connectivity index (χ0) is 24.3. The number of azo groups is 2. The van der Waals surface area contributed by atoms with E-state index in [1.807, 2.05) is 46.4 Å². The Morgan fingerprint density at radius 3 is 1.31 bits per heavy atom. The van der Waals surface area contributed by atoms with Gasteiger partial charge in [0, 0.05) is 10.8 Å². The summed E-state index contributed by atoms with van der Waals surface area (Å²) in [7, 11) is 3.96. The van der Waals surface area contributed by atoms with Gasteiger partial charge in [0.05, 0.1) is 24.3 Å². The summed E-state index contributed by atoms with van der Waals surface area (Å²) in [6, 6.07) is 16.9. The van der Waals surface area contributed by atoms with Crippen molar-refractivity contribution in [1.82, 2.24) is 0 Å². The average molecular weight is 505 g/mol. The van der Waals surface area contributed by atoms with E-state index in [1.165, 1.54) is 43.2 Å². The van der Waals surface area contributed by atoms with Crippen LogP contribution in [-0.2, 0) is 26.9 Å². The first-order valence-corrected chi connectivity index (χ1v) is 13.8. The molecular formula is C27H32N6S2+2. The molecule has 0 atom stereocenters. The number of benzene rings is 2. The zero-order valence-electron chi connectivity index (χ0n) is 20.4. The molecule has 0 radical (unpaired) electrons. The number of hydrogen-bond acceptors (Lipinski definition) is 6. The fourth-order valence-electron chi connectivity index (χ4n) is 3.70. The van der Waals surface area contributed by atoms with Gasteiger partial charge in [-0.15, -0.1) is 0 Å². The lowest BCUT2D eigenvalue weighted by molar-refractivity contribution is -0.654. The Kier molecular flexibility index (Phi) is 9.37. The van der Waals surface area contributed by atoms with E-state index in [-0.39, 0.29) is 0 Å². The molecule has 8 heteroatoms. The number of hydrogen-bond donors (Lipinski definition) is 0. The second-order valence-electron chi connectivity index (χ2n) is 8.59. The van der Waals surface area contributed by atoms with Gasteiger partial charge in [-0.3, -0.25) is 0 Å². The van der Waals surface area contributed by atoms with Gasteiger partial charge < -0.3 is 0 Å². The van der Waals surface area contributed by atoms with Crippen LogP contribution in [0.3, 0.4) is 0 Å². The maximum absolute atomic E-state index is 4.34. The Morgan fingerprint density at radius 1 is 0.543 bits per heavy atom. The number of rotatable bonds is 12. The molecule has 0 N–H and O–H groups in total. The topological polar surface area (TPSA) is 57.2 Å². The SMILES string of the molecule is C[n+]1ccsc1N=Nc1ccc(CCCCCCCc2ccc(N=Nc3scc[n+]3C)cc2)cc1. The molecule has 0 fully saturated rings. The van der Waals surface area contributed by atoms with Crippen LogP contribution in [0.2, 0.25) is 0 Å². The van der Waals surface area contributed by atoms with Crippen LogP contribution in [0.5, 0.6) is 0 Å². The van der Waals surface area contributed by atoms with Gasteiger partial charge in [0.15, 0.2) is 0 Å². The molecule has 0 bridgehead atoms. The second-order valence-corrected chi connectivity index (χ2v) is 10.3. The van der Waals surface area contributed by atoms with Crippen molar-refractivity contribution in [3.8, 4) is 0 Å². The van der Waals surface area contributed by atoms with E-state index < -0.39 is 0 Å². The summed E-state index contributed by atoms with van der Waals surface area (Å²) in [5.74, 6) is 0. The fourth-order valence-corrected chi connectivity index (χ4v) is 5.06. The third kappa shape index (κ3) is 7.97. The molecule has 0 aliphatic carbocycles. The number of aromatic nitrogens is 2. The molecule has 2 aromatic heterocycles. The molecule has 0 saturated heterocycles. The predicted octanol–water partition coefficient (Wildman–Crippen LogP) is 8.03. The molecule has 180 valence electrons. The number of nitrogens with zero attached hydrogens (tertiary/aromatic N) is 6. The molecule has 0 aliphatic heterocycles. The highest BCUT2D eigenvalue weighted by Crippen LogP contribution is 2.21. The average Bonchev–Trinajstić information content (AvgIpc) is 3.49. The normalized spacial score (nSPS) is 11.7. The molecule has 0 aliphatic rings. The van der Waals surface area contributed by atoms with Crippen molar-refractivity contribution in [2.75, 3.05) is 0 Å². The van der Waals surface area contributed by atoms with Gasteiger partial charge in [0.25, 0.3) is 0 Å². The minimum atomic E-state index is 0.898. The van der Waals surface area contributed by atoms with Crippen LogP contribution in [0, 0.1) is 0 Å². The van der Waals surface area contributed by atoms with Crippen LogP contribution in [0.25, 0.3) is 0 Å². The van der Waals surface area contributed by atoms with Crippen molar-refractivity contribution in [3.05, 3.63) is 82.8 Å². The molecule has 0 spiro atoms. The third-order valence-corrected chi connectivity index (χ3v) is 7.50. The monoisotopic (exact) mass is 504 g/mol. The lowest BCUT2D eigenvalue weighted by Gasteiger charge is -2.04. The minimum absolute atomic E-state index is 0.898. The molecular weight excluding hydrogens is 472 g/mol. The van der Waals surface area contributed by atoms with Crippen LogP contribution in [0.1, 0.15) is 43.2 Å². The highest BCUT2D eigenvalue weighted by Gasteiger charge is 2.08. The summed E-state index contributed by atoms with van der Waals surface area (Å²) < 4.78 is 3.94. The number of unbranched alkanes of at least 4 members (excludes halogenated alkanes) is 4. The molecule has 2 heterocycles. The van der Waals surface area contributed by atoms with Gasteiger partial charge in [-0.2, -0.15) is 0 Å². The second kappa shape index (κ2) is 13.1. The number of aryl methyl sites for hydroxylation is 4. The smallest absolute Gasteiger partial charge is 0.222 e. The van der Waals surface area contributed by atoms with Gasteiger partial charge in [0.1, 0.15) is 23.8 Å². The largest absolute Gasteiger partial charge is 0.408 e. The quantitative estimate of drug-likeness (QED) is 0.107. The number of thiazole rings is 2. The maximum atomic E-state index is 4.34. The molecule has 2 aromatic carbocycles. The Hall–Kier alpha value is -3.10. The van der Waals surface area contributed by atoms with E-state index in [0.717, 1.165) is 34.5 Å². The van der Waals surface area contributed by atoms with Crippen molar-refractivity contribution >= 4 is 44.3 Å². The Labute approximate surface area is 215 Å². The van der Waals surface area contributed by atoms with Crippen molar-refractivity contribution in [2.24, 2.45) is 34.6 Å². The lowest BCUT2D eigenvalue weighted by atomic mass is 10.0. The van der Waals surface area contributed by atoms with Crippen molar-refractivity contribution in [1.29, 1.82) is 0 Å². The first-order chi connectivity index (χ1) is 17.2. The Morgan fingerprint density at radius 2 is 0.943 bits per heavy atom. The van der Waals surface area contributed by atoms with Gasteiger partial charge in [-0.1, -0.05) is 43.5 Å². The summed E-state index contributed by atoms with van der Waals surface area (Å²) in [6.07, 6.45) is 12.5. The van der Waals surface area contributed by atoms with Crippen molar-refractivity contribution in [2.45, 2.75) is 44.9 Å². The highest BCUT2D eigenvalue weighted by atomic mass is 32.1. The first kappa shape index (κ1) is 25.0. The van der Waals surface area contributed by atoms with Crippen LogP contribution < -0.4 is 9.13 Å². The summed E-state index contributed by atoms with van der Waals surface area (Å²) in [4.78, 5) is 0. The van der Waals surface area contributed by atoms with Crippen LogP contribution >= 0.6 is 22.7 Å². The Bertz CT molecular complexity index is 1140. The highest BCUT2D eigenvalue weighted by molar-refractivity contribution is 7.13. The van der Waals surface area contributed by atoms with Crippen molar-refractivity contribution < 1.29 is 9.13 Å². The minimum Gasteiger partial charge on any atom is -0.222 e. The Balaban J connectivity index is 1.09. The van der Waals surface area contributed by atoms with Crippen molar-refractivity contribution in [3.63, 3.8) is 0 Å². The molecule has 6 nitrogen and oxygen atoms in total. The molecule has 35 heavy (non-hydrogen) atoms. The van der Waals surface area contributed by atoms with E-state index >= 15 is 0 Å².